The molecule has 0 aliphatic heterocycles. The summed E-state index contributed by atoms with van der Waals surface area (Å²) >= 11 is 3.29. The first-order chi connectivity index (χ1) is 8.70. The topological polar surface area (TPSA) is 21.3 Å². The molecule has 0 aliphatic carbocycles. The molecule has 18 heavy (non-hydrogen) atoms. The Labute approximate surface area is 114 Å². The van der Waals surface area contributed by atoms with Crippen molar-refractivity contribution in [2.45, 2.75) is 6.54 Å². The lowest BCUT2D eigenvalue weighted by Gasteiger charge is -2.12. The Morgan fingerprint density at radius 3 is 2.67 bits per heavy atom. The van der Waals surface area contributed by atoms with E-state index in [0.717, 1.165) is 17.9 Å². The molecule has 0 radical (unpaired) electrons. The van der Waals surface area contributed by atoms with Gasteiger partial charge in [-0.2, -0.15) is 0 Å². The van der Waals surface area contributed by atoms with Crippen molar-refractivity contribution in [2.75, 3.05) is 7.05 Å². The lowest BCUT2D eigenvalue weighted by Crippen LogP contribution is -2.06. The monoisotopic (exact) mass is 309 g/mol. The summed E-state index contributed by atoms with van der Waals surface area (Å²) in [7, 11) is 1.88. The maximum absolute atomic E-state index is 13.0. The van der Waals surface area contributed by atoms with Crippen molar-refractivity contribution in [1.82, 2.24) is 5.32 Å². The van der Waals surface area contributed by atoms with Crippen LogP contribution in [-0.4, -0.2) is 7.05 Å². The lowest BCUT2D eigenvalue weighted by molar-refractivity contribution is 0.469. The Morgan fingerprint density at radius 2 is 1.94 bits per heavy atom. The van der Waals surface area contributed by atoms with E-state index in [0.29, 0.717) is 10.2 Å². The fourth-order valence-electron chi connectivity index (χ4n) is 1.62. The van der Waals surface area contributed by atoms with E-state index in [4.69, 9.17) is 4.74 Å². The van der Waals surface area contributed by atoms with Crippen molar-refractivity contribution in [2.24, 2.45) is 0 Å². The normalized spacial score (nSPS) is 10.4. The summed E-state index contributed by atoms with van der Waals surface area (Å²) in [6.45, 7) is 0.717. The van der Waals surface area contributed by atoms with E-state index >= 15 is 0 Å². The molecule has 0 aliphatic rings. The number of hydrogen-bond acceptors (Lipinski definition) is 2. The standard InChI is InChI=1S/C14H13BrFNO/c1-17-9-10-4-2-3-5-13(10)18-14-7-6-11(16)8-12(14)15/h2-8,17H,9H2,1H3. The molecule has 2 aromatic rings. The van der Waals surface area contributed by atoms with Crippen LogP contribution in [0.25, 0.3) is 0 Å². The van der Waals surface area contributed by atoms with E-state index in [1.54, 1.807) is 6.07 Å². The number of nitrogens with one attached hydrogen (secondary N) is 1. The molecule has 0 bridgehead atoms. The third-order valence-corrected chi connectivity index (χ3v) is 3.07. The summed E-state index contributed by atoms with van der Waals surface area (Å²) in [5.41, 5.74) is 1.05. The van der Waals surface area contributed by atoms with Crippen LogP contribution in [0, 0.1) is 5.82 Å². The number of benzene rings is 2. The van der Waals surface area contributed by atoms with Crippen LogP contribution in [0.3, 0.4) is 0 Å². The minimum absolute atomic E-state index is 0.294. The summed E-state index contributed by atoms with van der Waals surface area (Å²) in [4.78, 5) is 0. The van der Waals surface area contributed by atoms with E-state index in [-0.39, 0.29) is 5.82 Å². The molecule has 0 unspecified atom stereocenters. The highest BCUT2D eigenvalue weighted by Crippen LogP contribution is 2.31. The summed E-state index contributed by atoms with van der Waals surface area (Å²) in [6, 6.07) is 12.1. The molecular formula is C14H13BrFNO. The fraction of sp³-hybridized carbons (Fsp3) is 0.143. The molecule has 0 atom stereocenters. The van der Waals surface area contributed by atoms with Crippen molar-refractivity contribution in [1.29, 1.82) is 0 Å². The molecule has 94 valence electrons. The Morgan fingerprint density at radius 1 is 1.17 bits per heavy atom. The molecule has 2 aromatic carbocycles. The maximum atomic E-state index is 13.0. The van der Waals surface area contributed by atoms with Gasteiger partial charge >= 0.3 is 0 Å². The van der Waals surface area contributed by atoms with Crippen molar-refractivity contribution in [3.63, 3.8) is 0 Å². The predicted octanol–water partition coefficient (Wildman–Crippen LogP) is 4.10. The molecule has 2 nitrogen and oxygen atoms in total. The first-order valence-electron chi connectivity index (χ1n) is 5.56. The first-order valence-corrected chi connectivity index (χ1v) is 6.35. The first kappa shape index (κ1) is 13.1. The number of hydrogen-bond donors (Lipinski definition) is 1. The lowest BCUT2D eigenvalue weighted by atomic mass is 10.2. The third-order valence-electron chi connectivity index (χ3n) is 2.45. The molecule has 0 fully saturated rings. The molecular weight excluding hydrogens is 297 g/mol. The second-order valence-electron chi connectivity index (χ2n) is 3.81. The third kappa shape index (κ3) is 3.09. The van der Waals surface area contributed by atoms with E-state index < -0.39 is 0 Å². The van der Waals surface area contributed by atoms with Crippen LogP contribution in [0.4, 0.5) is 4.39 Å². The van der Waals surface area contributed by atoms with E-state index in [1.165, 1.54) is 12.1 Å². The van der Waals surface area contributed by atoms with Gasteiger partial charge in [0.05, 0.1) is 4.47 Å². The molecule has 0 aromatic heterocycles. The average Bonchev–Trinajstić information content (AvgIpc) is 2.35. The van der Waals surface area contributed by atoms with Gasteiger partial charge in [-0.25, -0.2) is 4.39 Å². The molecule has 1 N–H and O–H groups in total. The second-order valence-corrected chi connectivity index (χ2v) is 4.67. The Hall–Kier alpha value is -1.39. The summed E-state index contributed by atoms with van der Waals surface area (Å²) < 4.78 is 19.4. The van der Waals surface area contributed by atoms with Gasteiger partial charge in [0.2, 0.25) is 0 Å². The zero-order chi connectivity index (χ0) is 13.0. The fourth-order valence-corrected chi connectivity index (χ4v) is 2.05. The van der Waals surface area contributed by atoms with Crippen LogP contribution in [0.1, 0.15) is 5.56 Å². The minimum atomic E-state index is -0.294. The van der Waals surface area contributed by atoms with Crippen LogP contribution in [0.15, 0.2) is 46.9 Å². The highest BCUT2D eigenvalue weighted by atomic mass is 79.9. The van der Waals surface area contributed by atoms with Crippen LogP contribution < -0.4 is 10.1 Å². The van der Waals surface area contributed by atoms with Crippen molar-refractivity contribution < 1.29 is 9.13 Å². The smallest absolute Gasteiger partial charge is 0.141 e. The van der Waals surface area contributed by atoms with Gasteiger partial charge in [-0.05, 0) is 47.2 Å². The highest BCUT2D eigenvalue weighted by molar-refractivity contribution is 9.10. The summed E-state index contributed by atoms with van der Waals surface area (Å²) in [5.74, 6) is 1.07. The SMILES string of the molecule is CNCc1ccccc1Oc1ccc(F)cc1Br. The minimum Gasteiger partial charge on any atom is -0.456 e. The van der Waals surface area contributed by atoms with Gasteiger partial charge in [-0.1, -0.05) is 18.2 Å². The predicted molar refractivity (Wildman–Crippen MR) is 73.4 cm³/mol. The Bertz CT molecular complexity index is 545. The van der Waals surface area contributed by atoms with Crippen LogP contribution in [-0.2, 0) is 6.54 Å². The second kappa shape index (κ2) is 5.98. The molecule has 4 heteroatoms. The van der Waals surface area contributed by atoms with Crippen LogP contribution in [0.2, 0.25) is 0 Å². The molecule has 0 heterocycles. The van der Waals surface area contributed by atoms with Gasteiger partial charge in [-0.15, -0.1) is 0 Å². The van der Waals surface area contributed by atoms with Crippen molar-refractivity contribution >= 4 is 15.9 Å². The van der Waals surface area contributed by atoms with Crippen LogP contribution >= 0.6 is 15.9 Å². The number of halogens is 2. The van der Waals surface area contributed by atoms with Gasteiger partial charge in [0.1, 0.15) is 17.3 Å². The molecule has 0 saturated heterocycles. The zero-order valence-electron chi connectivity index (χ0n) is 9.91. The average molecular weight is 310 g/mol. The summed E-state index contributed by atoms with van der Waals surface area (Å²) in [6.07, 6.45) is 0. The maximum Gasteiger partial charge on any atom is 0.141 e. The van der Waals surface area contributed by atoms with Crippen molar-refractivity contribution in [3.05, 3.63) is 58.3 Å². The largest absolute Gasteiger partial charge is 0.456 e. The van der Waals surface area contributed by atoms with Gasteiger partial charge < -0.3 is 10.1 Å². The Kier molecular flexibility index (Phi) is 4.33. The van der Waals surface area contributed by atoms with Gasteiger partial charge in [0.25, 0.3) is 0 Å². The zero-order valence-corrected chi connectivity index (χ0v) is 11.5. The number of ether oxygens (including phenoxy) is 1. The highest BCUT2D eigenvalue weighted by Gasteiger charge is 2.07. The molecule has 0 amide bonds. The van der Waals surface area contributed by atoms with Gasteiger partial charge in [0, 0.05) is 12.1 Å². The summed E-state index contributed by atoms with van der Waals surface area (Å²) in [5, 5.41) is 3.08. The molecule has 0 spiro atoms. The van der Waals surface area contributed by atoms with E-state index in [9.17, 15) is 4.39 Å². The van der Waals surface area contributed by atoms with E-state index in [2.05, 4.69) is 21.2 Å². The Balaban J connectivity index is 2.28. The molecule has 2 rings (SSSR count). The van der Waals surface area contributed by atoms with Crippen molar-refractivity contribution in [3.8, 4) is 11.5 Å². The van der Waals surface area contributed by atoms with Crippen LogP contribution in [0.5, 0.6) is 11.5 Å². The number of para-hydroxylation sites is 1. The quantitative estimate of drug-likeness (QED) is 0.918. The number of rotatable bonds is 4. The van der Waals surface area contributed by atoms with E-state index in [1.807, 2.05) is 31.3 Å². The molecule has 0 saturated carbocycles. The van der Waals surface area contributed by atoms with Gasteiger partial charge in [0.15, 0.2) is 0 Å². The van der Waals surface area contributed by atoms with Gasteiger partial charge in [-0.3, -0.25) is 0 Å².